The highest BCUT2D eigenvalue weighted by molar-refractivity contribution is 6.31. The fourth-order valence-electron chi connectivity index (χ4n) is 1.90. The first-order valence-corrected chi connectivity index (χ1v) is 6.66. The SMILES string of the molecule is Nc1ncc(NCc2cc3ccc(Cl)cc3[nH]2)nc1Cl. The van der Waals surface area contributed by atoms with E-state index in [1.165, 1.54) is 0 Å². The molecule has 3 aromatic rings. The molecule has 0 unspecified atom stereocenters. The van der Waals surface area contributed by atoms with E-state index in [2.05, 4.69) is 20.3 Å². The second-order valence-corrected chi connectivity index (χ2v) is 5.11. The van der Waals surface area contributed by atoms with Crippen LogP contribution in [0.4, 0.5) is 11.6 Å². The van der Waals surface area contributed by atoms with Gasteiger partial charge in [-0.3, -0.25) is 0 Å². The molecule has 3 rings (SSSR count). The van der Waals surface area contributed by atoms with Crippen molar-refractivity contribution in [3.05, 3.63) is 46.3 Å². The highest BCUT2D eigenvalue weighted by atomic mass is 35.5. The molecular weight excluding hydrogens is 297 g/mol. The van der Waals surface area contributed by atoms with Crippen molar-refractivity contribution in [2.24, 2.45) is 0 Å². The zero-order valence-corrected chi connectivity index (χ0v) is 11.8. The van der Waals surface area contributed by atoms with Gasteiger partial charge in [-0.1, -0.05) is 29.3 Å². The molecular formula is C13H11Cl2N5. The number of nitrogens with zero attached hydrogens (tertiary/aromatic N) is 2. The molecule has 2 heterocycles. The van der Waals surface area contributed by atoms with Crippen molar-refractivity contribution >= 4 is 45.7 Å². The van der Waals surface area contributed by atoms with E-state index < -0.39 is 0 Å². The molecule has 5 nitrogen and oxygen atoms in total. The summed E-state index contributed by atoms with van der Waals surface area (Å²) in [5.41, 5.74) is 7.52. The van der Waals surface area contributed by atoms with Crippen LogP contribution < -0.4 is 11.1 Å². The van der Waals surface area contributed by atoms with Gasteiger partial charge in [-0.05, 0) is 23.6 Å². The lowest BCUT2D eigenvalue weighted by molar-refractivity contribution is 1.05. The van der Waals surface area contributed by atoms with Crippen LogP contribution in [0, 0.1) is 0 Å². The van der Waals surface area contributed by atoms with E-state index in [1.807, 2.05) is 24.3 Å². The molecule has 0 fully saturated rings. The van der Waals surface area contributed by atoms with Crippen LogP contribution in [-0.4, -0.2) is 15.0 Å². The van der Waals surface area contributed by atoms with Gasteiger partial charge in [-0.25, -0.2) is 9.97 Å². The van der Waals surface area contributed by atoms with E-state index in [-0.39, 0.29) is 11.0 Å². The van der Waals surface area contributed by atoms with Crippen molar-refractivity contribution < 1.29 is 0 Å². The summed E-state index contributed by atoms with van der Waals surface area (Å²) in [5, 5.41) is 5.13. The Morgan fingerprint density at radius 1 is 1.25 bits per heavy atom. The van der Waals surface area contributed by atoms with E-state index in [0.717, 1.165) is 16.6 Å². The zero-order chi connectivity index (χ0) is 14.1. The van der Waals surface area contributed by atoms with Crippen LogP contribution >= 0.6 is 23.2 Å². The maximum atomic E-state index is 5.95. The van der Waals surface area contributed by atoms with Crippen LogP contribution in [-0.2, 0) is 6.54 Å². The van der Waals surface area contributed by atoms with Gasteiger partial charge in [0.25, 0.3) is 0 Å². The molecule has 0 spiro atoms. The van der Waals surface area contributed by atoms with Crippen molar-refractivity contribution in [2.75, 3.05) is 11.1 Å². The van der Waals surface area contributed by atoms with E-state index in [9.17, 15) is 0 Å². The zero-order valence-electron chi connectivity index (χ0n) is 10.3. The number of fused-ring (bicyclic) bond motifs is 1. The smallest absolute Gasteiger partial charge is 0.173 e. The third kappa shape index (κ3) is 2.64. The number of aromatic amines is 1. The largest absolute Gasteiger partial charge is 0.381 e. The van der Waals surface area contributed by atoms with E-state index in [4.69, 9.17) is 28.9 Å². The highest BCUT2D eigenvalue weighted by Gasteiger charge is 2.04. The molecule has 20 heavy (non-hydrogen) atoms. The van der Waals surface area contributed by atoms with Crippen LogP contribution in [0.25, 0.3) is 10.9 Å². The van der Waals surface area contributed by atoms with Gasteiger partial charge in [0, 0.05) is 16.2 Å². The van der Waals surface area contributed by atoms with Gasteiger partial charge in [0.1, 0.15) is 5.82 Å². The predicted octanol–water partition coefficient (Wildman–Crippen LogP) is 3.46. The van der Waals surface area contributed by atoms with Gasteiger partial charge in [0.2, 0.25) is 0 Å². The Morgan fingerprint density at radius 3 is 2.90 bits per heavy atom. The number of hydrogen-bond donors (Lipinski definition) is 3. The molecule has 4 N–H and O–H groups in total. The molecule has 7 heteroatoms. The van der Waals surface area contributed by atoms with Crippen molar-refractivity contribution in [1.82, 2.24) is 15.0 Å². The average Bonchev–Trinajstić information content (AvgIpc) is 2.82. The summed E-state index contributed by atoms with van der Waals surface area (Å²) in [4.78, 5) is 11.3. The van der Waals surface area contributed by atoms with Crippen molar-refractivity contribution in [1.29, 1.82) is 0 Å². The number of anilines is 2. The van der Waals surface area contributed by atoms with Gasteiger partial charge < -0.3 is 16.0 Å². The molecule has 0 atom stereocenters. The molecule has 0 bridgehead atoms. The lowest BCUT2D eigenvalue weighted by atomic mass is 10.2. The lowest BCUT2D eigenvalue weighted by Gasteiger charge is -2.04. The molecule has 0 aliphatic rings. The molecule has 1 aromatic carbocycles. The highest BCUT2D eigenvalue weighted by Crippen LogP contribution is 2.21. The Morgan fingerprint density at radius 2 is 2.10 bits per heavy atom. The summed E-state index contributed by atoms with van der Waals surface area (Å²) in [7, 11) is 0. The molecule has 2 aromatic heterocycles. The number of aromatic nitrogens is 3. The van der Waals surface area contributed by atoms with Crippen molar-refractivity contribution in [3.8, 4) is 0 Å². The Hall–Kier alpha value is -1.98. The van der Waals surface area contributed by atoms with Crippen molar-refractivity contribution in [2.45, 2.75) is 6.54 Å². The second kappa shape index (κ2) is 5.19. The van der Waals surface area contributed by atoms with Gasteiger partial charge in [0.15, 0.2) is 11.0 Å². The fraction of sp³-hybridized carbons (Fsp3) is 0.0769. The van der Waals surface area contributed by atoms with E-state index in [0.29, 0.717) is 17.4 Å². The summed E-state index contributed by atoms with van der Waals surface area (Å²) >= 11 is 11.8. The minimum absolute atomic E-state index is 0.193. The van der Waals surface area contributed by atoms with Crippen LogP contribution in [0.5, 0.6) is 0 Å². The first kappa shape index (κ1) is 13.0. The number of nitrogens with one attached hydrogen (secondary N) is 2. The molecule has 0 amide bonds. The maximum Gasteiger partial charge on any atom is 0.173 e. The molecule has 0 aliphatic carbocycles. The molecule has 0 saturated carbocycles. The van der Waals surface area contributed by atoms with Gasteiger partial charge in [0.05, 0.1) is 12.7 Å². The quantitative estimate of drug-likeness (QED) is 0.692. The minimum Gasteiger partial charge on any atom is -0.381 e. The Labute approximate surface area is 125 Å². The minimum atomic E-state index is 0.193. The Bertz CT molecular complexity index is 769. The molecule has 0 aliphatic heterocycles. The number of nitrogens with two attached hydrogens (primary N) is 1. The number of rotatable bonds is 3. The number of benzene rings is 1. The predicted molar refractivity (Wildman–Crippen MR) is 82.1 cm³/mol. The van der Waals surface area contributed by atoms with Gasteiger partial charge >= 0.3 is 0 Å². The Balaban J connectivity index is 1.77. The summed E-state index contributed by atoms with van der Waals surface area (Å²) in [6.45, 7) is 0.571. The Kier molecular flexibility index (Phi) is 3.38. The van der Waals surface area contributed by atoms with Gasteiger partial charge in [-0.15, -0.1) is 0 Å². The van der Waals surface area contributed by atoms with Crippen LogP contribution in [0.3, 0.4) is 0 Å². The first-order chi connectivity index (χ1) is 9.61. The fourth-order valence-corrected chi connectivity index (χ4v) is 2.21. The standard InChI is InChI=1S/C13H11Cl2N5/c14-8-2-1-7-3-9(19-10(7)4-8)5-17-11-6-18-13(16)12(15)20-11/h1-4,6,19H,5H2,(H2,16,18)(H,17,20). The summed E-state index contributed by atoms with van der Waals surface area (Å²) < 4.78 is 0. The second-order valence-electron chi connectivity index (χ2n) is 4.31. The maximum absolute atomic E-state index is 5.95. The number of hydrogen-bond acceptors (Lipinski definition) is 4. The molecule has 0 radical (unpaired) electrons. The van der Waals surface area contributed by atoms with Crippen LogP contribution in [0.2, 0.25) is 10.2 Å². The lowest BCUT2D eigenvalue weighted by Crippen LogP contribution is -2.03. The first-order valence-electron chi connectivity index (χ1n) is 5.91. The molecule has 102 valence electrons. The normalized spacial score (nSPS) is 10.9. The molecule has 0 saturated heterocycles. The monoisotopic (exact) mass is 307 g/mol. The third-order valence-electron chi connectivity index (χ3n) is 2.86. The number of halogens is 2. The number of H-pyrrole nitrogens is 1. The van der Waals surface area contributed by atoms with Gasteiger partial charge in [-0.2, -0.15) is 0 Å². The topological polar surface area (TPSA) is 79.6 Å². The average molecular weight is 308 g/mol. The third-order valence-corrected chi connectivity index (χ3v) is 3.37. The van der Waals surface area contributed by atoms with Crippen molar-refractivity contribution in [3.63, 3.8) is 0 Å². The van der Waals surface area contributed by atoms with E-state index in [1.54, 1.807) is 6.20 Å². The summed E-state index contributed by atoms with van der Waals surface area (Å²) in [5.74, 6) is 0.790. The van der Waals surface area contributed by atoms with Crippen LogP contribution in [0.1, 0.15) is 5.69 Å². The van der Waals surface area contributed by atoms with E-state index >= 15 is 0 Å². The number of nitrogen functional groups attached to an aromatic ring is 1. The van der Waals surface area contributed by atoms with Crippen LogP contribution in [0.15, 0.2) is 30.5 Å². The summed E-state index contributed by atoms with van der Waals surface area (Å²) in [6, 6.07) is 7.77. The summed E-state index contributed by atoms with van der Waals surface area (Å²) in [6.07, 6.45) is 1.54.